The molecule has 0 saturated carbocycles. The zero-order valence-corrected chi connectivity index (χ0v) is 24.9. The zero-order valence-electron chi connectivity index (χ0n) is 24.9. The van der Waals surface area contributed by atoms with E-state index in [1.165, 1.54) is 24.4 Å². The minimum Gasteiger partial charge on any atom is -0.508 e. The number of phenols is 1. The van der Waals surface area contributed by atoms with Crippen molar-refractivity contribution < 1.29 is 28.1 Å². The van der Waals surface area contributed by atoms with Gasteiger partial charge >= 0.3 is 6.01 Å². The first-order valence-corrected chi connectivity index (χ1v) is 15.4. The van der Waals surface area contributed by atoms with Gasteiger partial charge in [-0.05, 0) is 80.1 Å². The average molecular weight is 608 g/mol. The van der Waals surface area contributed by atoms with Gasteiger partial charge in [0.1, 0.15) is 41.4 Å². The lowest BCUT2D eigenvalue weighted by molar-refractivity contribution is 0.107. The molecule has 3 fully saturated rings. The third-order valence-electron chi connectivity index (χ3n) is 9.77. The Balaban J connectivity index is 1.39. The van der Waals surface area contributed by atoms with Gasteiger partial charge in [0.2, 0.25) is 0 Å². The Kier molecular flexibility index (Phi) is 7.28. The summed E-state index contributed by atoms with van der Waals surface area (Å²) in [6, 6.07) is 5.76. The van der Waals surface area contributed by atoms with Gasteiger partial charge in [0.25, 0.3) is 0 Å². The van der Waals surface area contributed by atoms with Crippen LogP contribution in [0.3, 0.4) is 0 Å². The van der Waals surface area contributed by atoms with Crippen molar-refractivity contribution in [1.29, 1.82) is 0 Å². The first-order valence-electron chi connectivity index (χ1n) is 15.4. The Morgan fingerprint density at radius 3 is 2.80 bits per heavy atom. The van der Waals surface area contributed by atoms with Crippen molar-refractivity contribution >= 4 is 27.5 Å². The van der Waals surface area contributed by atoms with Crippen LogP contribution in [0, 0.1) is 11.6 Å². The second kappa shape index (κ2) is 11.0. The number of benzene rings is 2. The molecule has 232 valence electrons. The summed E-state index contributed by atoms with van der Waals surface area (Å²) in [5, 5.41) is 22.4. The average Bonchev–Trinajstić information content (AvgIpc) is 3.53. The van der Waals surface area contributed by atoms with E-state index in [0.717, 1.165) is 19.4 Å². The lowest BCUT2D eigenvalue weighted by atomic mass is 9.94. The van der Waals surface area contributed by atoms with Gasteiger partial charge in [-0.2, -0.15) is 9.97 Å². The minimum atomic E-state index is -0.927. The summed E-state index contributed by atoms with van der Waals surface area (Å²) in [4.78, 5) is 17.8. The van der Waals surface area contributed by atoms with E-state index >= 15 is 4.39 Å². The van der Waals surface area contributed by atoms with Crippen LogP contribution in [0.15, 0.2) is 30.5 Å². The number of aryl methyl sites for hydroxylation is 1. The molecule has 0 bridgehead atoms. The number of phenolic OH excluding ortho intramolecular Hbond substituents is 1. The number of alkyl halides is 1. The van der Waals surface area contributed by atoms with Crippen LogP contribution in [-0.4, -0.2) is 80.2 Å². The number of anilines is 1. The predicted molar refractivity (Wildman–Crippen MR) is 162 cm³/mol. The fourth-order valence-electron chi connectivity index (χ4n) is 7.56. The molecular weight excluding hydrogens is 571 g/mol. The SMILES string of the molecule is CCc1c(F)ccc2cc(O)cc(-c3ncc4c(N5C[C@H](O)CC[C@H]5C)nc(OC[C@@]56CCCN5C[C@H](F)C6)nc4c3F)c12. The Bertz CT molecular complexity index is 1760. The number of hydrogen-bond donors (Lipinski definition) is 2. The smallest absolute Gasteiger partial charge is 0.319 e. The van der Waals surface area contributed by atoms with E-state index < -0.39 is 29.4 Å². The molecular formula is C33H36F3N5O3. The number of aromatic nitrogens is 3. The normalized spacial score (nSPS) is 25.7. The van der Waals surface area contributed by atoms with Gasteiger partial charge in [-0.25, -0.2) is 13.2 Å². The number of ether oxygens (including phenoxy) is 1. The van der Waals surface area contributed by atoms with E-state index in [9.17, 15) is 19.0 Å². The molecule has 3 aliphatic rings. The van der Waals surface area contributed by atoms with Crippen molar-refractivity contribution in [1.82, 2.24) is 19.9 Å². The first-order chi connectivity index (χ1) is 21.2. The van der Waals surface area contributed by atoms with Gasteiger partial charge in [0.15, 0.2) is 5.82 Å². The summed E-state index contributed by atoms with van der Waals surface area (Å²) in [5.74, 6) is -0.890. The molecule has 2 aromatic heterocycles. The summed E-state index contributed by atoms with van der Waals surface area (Å²) in [7, 11) is 0. The van der Waals surface area contributed by atoms with Crippen molar-refractivity contribution in [2.75, 3.05) is 31.1 Å². The number of aliphatic hydroxyl groups is 1. The molecule has 8 nitrogen and oxygen atoms in total. The fourth-order valence-corrected chi connectivity index (χ4v) is 7.56. The maximum atomic E-state index is 16.7. The molecule has 7 rings (SSSR count). The number of aliphatic hydroxyl groups excluding tert-OH is 1. The van der Waals surface area contributed by atoms with Crippen molar-refractivity contribution in [3.63, 3.8) is 0 Å². The van der Waals surface area contributed by atoms with Crippen molar-refractivity contribution in [2.24, 2.45) is 0 Å². The summed E-state index contributed by atoms with van der Waals surface area (Å²) in [6.07, 6.45) is 3.81. The number of hydrogen-bond acceptors (Lipinski definition) is 8. The van der Waals surface area contributed by atoms with Crippen LogP contribution in [-0.2, 0) is 6.42 Å². The van der Waals surface area contributed by atoms with Crippen LogP contribution in [0.1, 0.15) is 51.5 Å². The molecule has 0 radical (unpaired) electrons. The molecule has 2 N–H and O–H groups in total. The van der Waals surface area contributed by atoms with Gasteiger partial charge < -0.3 is 19.8 Å². The predicted octanol–water partition coefficient (Wildman–Crippen LogP) is 5.70. The van der Waals surface area contributed by atoms with E-state index in [4.69, 9.17) is 9.72 Å². The number of fused-ring (bicyclic) bond motifs is 3. The summed E-state index contributed by atoms with van der Waals surface area (Å²) < 4.78 is 52.3. The molecule has 0 spiro atoms. The Hall–Kier alpha value is -3.70. The summed E-state index contributed by atoms with van der Waals surface area (Å²) in [6.45, 7) is 5.49. The molecule has 3 saturated heterocycles. The van der Waals surface area contributed by atoms with Crippen molar-refractivity contribution in [3.05, 3.63) is 47.7 Å². The molecule has 0 unspecified atom stereocenters. The van der Waals surface area contributed by atoms with Gasteiger partial charge in [-0.3, -0.25) is 9.88 Å². The molecule has 0 aliphatic carbocycles. The van der Waals surface area contributed by atoms with Gasteiger partial charge in [-0.1, -0.05) is 13.0 Å². The monoisotopic (exact) mass is 607 g/mol. The number of β-amino-alcohol motifs (C(OH)–C–C–N with tert-alkyl or cyclic N) is 1. The van der Waals surface area contributed by atoms with E-state index in [0.29, 0.717) is 66.3 Å². The third-order valence-corrected chi connectivity index (χ3v) is 9.77. The van der Waals surface area contributed by atoms with E-state index in [-0.39, 0.29) is 41.2 Å². The number of halogens is 3. The lowest BCUT2D eigenvalue weighted by Crippen LogP contribution is -2.45. The topological polar surface area (TPSA) is 94.8 Å². The highest BCUT2D eigenvalue weighted by molar-refractivity contribution is 6.01. The second-order valence-electron chi connectivity index (χ2n) is 12.6. The minimum absolute atomic E-state index is 0.00300. The maximum Gasteiger partial charge on any atom is 0.319 e. The Morgan fingerprint density at radius 1 is 1.14 bits per heavy atom. The first kappa shape index (κ1) is 29.0. The third kappa shape index (κ3) is 4.81. The lowest BCUT2D eigenvalue weighted by Gasteiger charge is -2.37. The number of nitrogens with zero attached hydrogens (tertiary/aromatic N) is 5. The number of rotatable bonds is 6. The fraction of sp³-hybridized carbons (Fsp3) is 0.485. The molecule has 4 atom stereocenters. The molecule has 11 heteroatoms. The van der Waals surface area contributed by atoms with Crippen LogP contribution < -0.4 is 9.64 Å². The molecule has 4 aromatic rings. The van der Waals surface area contributed by atoms with Crippen LogP contribution in [0.2, 0.25) is 0 Å². The largest absolute Gasteiger partial charge is 0.508 e. The Labute approximate surface area is 253 Å². The zero-order chi connectivity index (χ0) is 30.7. The highest BCUT2D eigenvalue weighted by Crippen LogP contribution is 2.42. The highest BCUT2D eigenvalue weighted by atomic mass is 19.1. The number of piperidine rings is 1. The van der Waals surface area contributed by atoms with Crippen LogP contribution >= 0.6 is 0 Å². The van der Waals surface area contributed by atoms with E-state index in [1.54, 1.807) is 6.07 Å². The second-order valence-corrected chi connectivity index (χ2v) is 12.6. The van der Waals surface area contributed by atoms with Crippen LogP contribution in [0.25, 0.3) is 32.9 Å². The quantitative estimate of drug-likeness (QED) is 0.289. The molecule has 2 aromatic carbocycles. The molecule has 0 amide bonds. The van der Waals surface area contributed by atoms with Crippen molar-refractivity contribution in [2.45, 2.75) is 76.2 Å². The summed E-state index contributed by atoms with van der Waals surface area (Å²) >= 11 is 0. The van der Waals surface area contributed by atoms with Gasteiger partial charge in [0.05, 0.1) is 17.0 Å². The number of aromatic hydroxyl groups is 1. The van der Waals surface area contributed by atoms with Crippen LogP contribution in [0.4, 0.5) is 19.0 Å². The van der Waals surface area contributed by atoms with Crippen molar-refractivity contribution in [3.8, 4) is 23.0 Å². The van der Waals surface area contributed by atoms with E-state index in [2.05, 4.69) is 14.9 Å². The Morgan fingerprint density at radius 2 is 1.98 bits per heavy atom. The standard InChI is InChI=1S/C33H36F3N5O3/c1-3-23-26(35)8-6-19-11-22(43)12-24(27(19)23)29-28(36)30-25(14-37-29)31(41-16-21(42)7-5-18(41)2)39-32(38-30)44-17-33-9-4-10-40(33)15-20(34)13-33/h6,8,11-12,14,18,20-21,42-43H,3-5,7,9-10,13,15-17H2,1-2H3/t18-,20-,21-,33+/m1/s1. The molecule has 3 aliphatic heterocycles. The number of pyridine rings is 1. The highest BCUT2D eigenvalue weighted by Gasteiger charge is 2.49. The summed E-state index contributed by atoms with van der Waals surface area (Å²) in [5.41, 5.74) is 0.0719. The van der Waals surface area contributed by atoms with Gasteiger partial charge in [0, 0.05) is 37.3 Å². The van der Waals surface area contributed by atoms with E-state index in [1.807, 2.05) is 18.7 Å². The maximum absolute atomic E-state index is 16.7. The molecule has 5 heterocycles. The molecule has 44 heavy (non-hydrogen) atoms. The van der Waals surface area contributed by atoms with Crippen LogP contribution in [0.5, 0.6) is 11.8 Å². The van der Waals surface area contributed by atoms with Gasteiger partial charge in [-0.15, -0.1) is 0 Å².